The number of hydrogen-bond donors (Lipinski definition) is 2. The zero-order chi connectivity index (χ0) is 21.1. The van der Waals surface area contributed by atoms with Crippen molar-refractivity contribution in [1.82, 2.24) is 5.32 Å². The van der Waals surface area contributed by atoms with Crippen LogP contribution in [0.4, 0.5) is 0 Å². The fourth-order valence-corrected chi connectivity index (χ4v) is 4.89. The van der Waals surface area contributed by atoms with Crippen molar-refractivity contribution in [2.24, 2.45) is 10.7 Å². The lowest BCUT2D eigenvalue weighted by Crippen LogP contribution is -2.32. The Morgan fingerprint density at radius 1 is 1.10 bits per heavy atom. The largest absolute Gasteiger partial charge is 0.369 e. The first kappa shape index (κ1) is 21.4. The molecule has 1 aliphatic heterocycles. The number of nitrogens with one attached hydrogen (secondary N) is 1. The molecule has 0 saturated heterocycles. The Balaban J connectivity index is 1.74. The molecule has 1 atom stereocenters. The number of carbonyl (C=O) groups is 1. The Labute approximate surface area is 197 Å². The summed E-state index contributed by atoms with van der Waals surface area (Å²) < 4.78 is 2.11. The molecule has 2 aliphatic rings. The highest BCUT2D eigenvalue weighted by atomic mass is 79.9. The molecule has 2 aromatic rings. The Kier molecular flexibility index (Phi) is 6.80. The van der Waals surface area contributed by atoms with Gasteiger partial charge >= 0.3 is 0 Å². The molecule has 1 heterocycles. The monoisotopic (exact) mass is 545 g/mol. The summed E-state index contributed by atoms with van der Waals surface area (Å²) in [6.45, 7) is 0. The van der Waals surface area contributed by atoms with Crippen molar-refractivity contribution in [2.75, 3.05) is 5.75 Å². The number of halogens is 2. The van der Waals surface area contributed by atoms with Crippen LogP contribution in [0.1, 0.15) is 36.4 Å². The van der Waals surface area contributed by atoms with Crippen molar-refractivity contribution in [3.8, 4) is 0 Å². The lowest BCUT2D eigenvalue weighted by atomic mass is 9.84. The van der Waals surface area contributed by atoms with Crippen LogP contribution in [0.5, 0.6) is 0 Å². The number of primary amides is 1. The van der Waals surface area contributed by atoms with Crippen molar-refractivity contribution in [2.45, 2.75) is 25.3 Å². The number of nitrogens with two attached hydrogens (primary N) is 1. The molecule has 1 unspecified atom stereocenters. The maximum absolute atomic E-state index is 11.3. The van der Waals surface area contributed by atoms with E-state index < -0.39 is 0 Å². The number of hydrogen-bond acceptors (Lipinski definition) is 4. The van der Waals surface area contributed by atoms with E-state index in [1.165, 1.54) is 22.9 Å². The third kappa shape index (κ3) is 5.07. The smallest absolute Gasteiger partial charge is 0.227 e. The SMILES string of the molecule is NC(=O)CSC1=NC(c2ccc(Br)cc2)C2=C(N1)/C(=C/c1ccc(Br)cc1)CCC2. The first-order chi connectivity index (χ1) is 14.5. The van der Waals surface area contributed by atoms with Crippen LogP contribution in [0.3, 0.4) is 0 Å². The molecular formula is C23H21Br2N3OS. The Morgan fingerprint density at radius 2 is 1.77 bits per heavy atom. The van der Waals surface area contributed by atoms with Crippen LogP contribution in [0.2, 0.25) is 0 Å². The van der Waals surface area contributed by atoms with Gasteiger partial charge in [-0.05, 0) is 71.9 Å². The van der Waals surface area contributed by atoms with Crippen LogP contribution in [-0.4, -0.2) is 16.8 Å². The van der Waals surface area contributed by atoms with Crippen LogP contribution in [0.25, 0.3) is 6.08 Å². The number of rotatable bonds is 4. The van der Waals surface area contributed by atoms with Gasteiger partial charge < -0.3 is 11.1 Å². The Bertz CT molecular complexity index is 1040. The van der Waals surface area contributed by atoms with Crippen LogP contribution in [0, 0.1) is 0 Å². The molecule has 0 fully saturated rings. The Morgan fingerprint density at radius 3 is 2.43 bits per heavy atom. The average molecular weight is 547 g/mol. The standard InChI is InChI=1S/C23H21Br2N3OS/c24-17-8-4-14(5-9-17)12-16-2-1-3-19-21(15-6-10-18(25)11-7-15)27-23(28-22(16)19)30-13-20(26)29/h4-12,21H,1-3,13H2,(H2,26,29)(H,27,28)/b16-12+. The van der Waals surface area contributed by atoms with E-state index in [0.29, 0.717) is 0 Å². The lowest BCUT2D eigenvalue weighted by Gasteiger charge is -2.33. The van der Waals surface area contributed by atoms with Crippen LogP contribution in [0.15, 0.2) is 79.3 Å². The number of thioether (sulfide) groups is 1. The molecule has 0 spiro atoms. The third-order valence-electron chi connectivity index (χ3n) is 5.09. The van der Waals surface area contributed by atoms with E-state index in [1.807, 2.05) is 12.1 Å². The van der Waals surface area contributed by atoms with Gasteiger partial charge in [-0.3, -0.25) is 4.79 Å². The second-order valence-corrected chi connectivity index (χ2v) is 10.0. The summed E-state index contributed by atoms with van der Waals surface area (Å²) in [5.74, 6) is -0.147. The number of nitrogens with zero attached hydrogens (tertiary/aromatic N) is 1. The summed E-state index contributed by atoms with van der Waals surface area (Å²) in [6, 6.07) is 16.6. The first-order valence-corrected chi connectivity index (χ1v) is 12.3. The van der Waals surface area contributed by atoms with Crippen molar-refractivity contribution >= 4 is 60.8 Å². The van der Waals surface area contributed by atoms with Gasteiger partial charge in [-0.25, -0.2) is 4.99 Å². The zero-order valence-electron chi connectivity index (χ0n) is 16.2. The molecule has 0 saturated carbocycles. The van der Waals surface area contributed by atoms with E-state index in [9.17, 15) is 4.79 Å². The minimum absolute atomic E-state index is 0.0571. The zero-order valence-corrected chi connectivity index (χ0v) is 20.2. The van der Waals surface area contributed by atoms with Crippen molar-refractivity contribution in [3.63, 3.8) is 0 Å². The summed E-state index contributed by atoms with van der Waals surface area (Å²) in [5, 5.41) is 4.24. The van der Waals surface area contributed by atoms with E-state index in [1.54, 1.807) is 0 Å². The maximum atomic E-state index is 11.3. The van der Waals surface area contributed by atoms with Gasteiger partial charge in [0.2, 0.25) is 5.91 Å². The summed E-state index contributed by atoms with van der Waals surface area (Å²) >= 11 is 8.37. The highest BCUT2D eigenvalue weighted by molar-refractivity contribution is 9.10. The number of carbonyl (C=O) groups excluding carboxylic acids is 1. The number of aliphatic imine (C=N–C) groups is 1. The highest BCUT2D eigenvalue weighted by Gasteiger charge is 2.30. The van der Waals surface area contributed by atoms with Gasteiger partial charge in [0.1, 0.15) is 6.04 Å². The van der Waals surface area contributed by atoms with E-state index in [2.05, 4.69) is 79.7 Å². The molecule has 1 aliphatic carbocycles. The molecule has 30 heavy (non-hydrogen) atoms. The van der Waals surface area contributed by atoms with E-state index in [0.717, 1.165) is 50.2 Å². The van der Waals surface area contributed by atoms with E-state index in [-0.39, 0.29) is 17.7 Å². The molecule has 3 N–H and O–H groups in total. The predicted molar refractivity (Wildman–Crippen MR) is 132 cm³/mol. The molecule has 1 amide bonds. The molecule has 7 heteroatoms. The molecule has 4 nitrogen and oxygen atoms in total. The summed E-state index contributed by atoms with van der Waals surface area (Å²) in [4.78, 5) is 16.3. The number of allylic oxidation sites excluding steroid dienone is 1. The number of amidine groups is 1. The summed E-state index contributed by atoms with van der Waals surface area (Å²) in [5.41, 5.74) is 11.4. The molecule has 2 aromatic carbocycles. The molecule has 4 rings (SSSR count). The molecule has 0 radical (unpaired) electrons. The molecule has 154 valence electrons. The summed E-state index contributed by atoms with van der Waals surface area (Å²) in [7, 11) is 0. The number of benzene rings is 2. The second kappa shape index (κ2) is 9.54. The predicted octanol–water partition coefficient (Wildman–Crippen LogP) is 5.95. The topological polar surface area (TPSA) is 67.5 Å². The van der Waals surface area contributed by atoms with Crippen molar-refractivity contribution in [3.05, 3.63) is 85.4 Å². The van der Waals surface area contributed by atoms with Crippen LogP contribution >= 0.6 is 43.6 Å². The van der Waals surface area contributed by atoms with Gasteiger partial charge in [0.05, 0.1) is 5.75 Å². The number of amides is 1. The van der Waals surface area contributed by atoms with E-state index >= 15 is 0 Å². The minimum Gasteiger partial charge on any atom is -0.369 e. The van der Waals surface area contributed by atoms with E-state index in [4.69, 9.17) is 10.7 Å². The normalized spacial score (nSPS) is 19.9. The fourth-order valence-electron chi connectivity index (χ4n) is 3.73. The minimum atomic E-state index is -0.348. The fraction of sp³-hybridized carbons (Fsp3) is 0.217. The van der Waals surface area contributed by atoms with Gasteiger partial charge in [0, 0.05) is 14.6 Å². The van der Waals surface area contributed by atoms with Crippen LogP contribution in [-0.2, 0) is 4.79 Å². The van der Waals surface area contributed by atoms with Crippen molar-refractivity contribution < 1.29 is 4.79 Å². The molecule has 0 bridgehead atoms. The van der Waals surface area contributed by atoms with Gasteiger partial charge in [-0.1, -0.05) is 67.9 Å². The van der Waals surface area contributed by atoms with Gasteiger partial charge in [0.25, 0.3) is 0 Å². The summed E-state index contributed by atoms with van der Waals surface area (Å²) in [6.07, 6.45) is 5.34. The molecular weight excluding hydrogens is 526 g/mol. The highest BCUT2D eigenvalue weighted by Crippen LogP contribution is 2.41. The quantitative estimate of drug-likeness (QED) is 0.497. The van der Waals surface area contributed by atoms with Crippen molar-refractivity contribution in [1.29, 1.82) is 0 Å². The maximum Gasteiger partial charge on any atom is 0.227 e. The third-order valence-corrected chi connectivity index (χ3v) is 7.06. The van der Waals surface area contributed by atoms with Gasteiger partial charge in [0.15, 0.2) is 5.17 Å². The van der Waals surface area contributed by atoms with Gasteiger partial charge in [-0.15, -0.1) is 0 Å². The average Bonchev–Trinajstić information content (AvgIpc) is 2.74. The Hall–Kier alpha value is -1.83. The lowest BCUT2D eigenvalue weighted by molar-refractivity contribution is -0.115. The van der Waals surface area contributed by atoms with Crippen LogP contribution < -0.4 is 11.1 Å². The molecule has 0 aromatic heterocycles. The second-order valence-electron chi connectivity index (χ2n) is 7.24. The first-order valence-electron chi connectivity index (χ1n) is 9.70. The van der Waals surface area contributed by atoms with Gasteiger partial charge in [-0.2, -0.15) is 0 Å².